The number of carbonyl (C=O) groups excluding carboxylic acids is 2. The number of rotatable bonds is 7. The summed E-state index contributed by atoms with van der Waals surface area (Å²) in [6, 6.07) is -1.54. The third-order valence-corrected chi connectivity index (χ3v) is 5.07. The maximum absolute atomic E-state index is 13.3. The van der Waals surface area contributed by atoms with Gasteiger partial charge in [-0.2, -0.15) is 4.39 Å². The van der Waals surface area contributed by atoms with E-state index < -0.39 is 53.7 Å². The molecule has 168 valence electrons. The number of esters is 2. The summed E-state index contributed by atoms with van der Waals surface area (Å²) >= 11 is 0. The first kappa shape index (κ1) is 25.6. The second-order valence-corrected chi connectivity index (χ2v) is 10.5. The molecule has 0 bridgehead atoms. The van der Waals surface area contributed by atoms with Gasteiger partial charge in [-0.15, -0.1) is 0 Å². The van der Waals surface area contributed by atoms with Crippen molar-refractivity contribution in [2.24, 2.45) is 10.8 Å². The van der Waals surface area contributed by atoms with E-state index in [-0.39, 0.29) is 12.7 Å². The molecule has 0 fully saturated rings. The molecule has 0 saturated carbocycles. The van der Waals surface area contributed by atoms with Crippen molar-refractivity contribution in [3.05, 3.63) is 45.0 Å². The highest BCUT2D eigenvalue weighted by Crippen LogP contribution is 2.34. The molecule has 11 heteroatoms. The minimum absolute atomic E-state index is 0.0874. The fraction of sp³-hybridized carbons (Fsp3) is 0.579. The Morgan fingerprint density at radius 1 is 1.10 bits per heavy atom. The van der Waals surface area contributed by atoms with Crippen molar-refractivity contribution < 1.29 is 28.0 Å². The predicted octanol–water partition coefficient (Wildman–Crippen LogP) is 2.25. The lowest BCUT2D eigenvalue weighted by atomic mass is 9.97. The third-order valence-electron chi connectivity index (χ3n) is 3.67. The molecule has 0 radical (unpaired) electrons. The summed E-state index contributed by atoms with van der Waals surface area (Å²) in [6.45, 7) is 9.56. The van der Waals surface area contributed by atoms with Crippen molar-refractivity contribution in [2.75, 3.05) is 6.16 Å². The monoisotopic (exact) mass is 446 g/mol. The molecule has 0 amide bonds. The lowest BCUT2D eigenvalue weighted by molar-refractivity contribution is -0.184. The highest BCUT2D eigenvalue weighted by atomic mass is 31.1. The van der Waals surface area contributed by atoms with Crippen molar-refractivity contribution in [1.29, 1.82) is 0 Å². The number of ether oxygens (including phenoxy) is 2. The number of hydrogen-bond donors (Lipinski definition) is 1. The number of halogens is 1. The van der Waals surface area contributed by atoms with Crippen LogP contribution in [-0.4, -0.2) is 33.7 Å². The van der Waals surface area contributed by atoms with Gasteiger partial charge in [0.15, 0.2) is 7.80 Å². The van der Waals surface area contributed by atoms with Gasteiger partial charge < -0.3 is 14.0 Å². The normalized spacial score (nSPS) is 13.5. The lowest BCUT2D eigenvalue weighted by Crippen LogP contribution is -2.33. The van der Waals surface area contributed by atoms with Crippen LogP contribution in [0.5, 0.6) is 0 Å². The van der Waals surface area contributed by atoms with Crippen LogP contribution in [0.4, 0.5) is 4.39 Å². The highest BCUT2D eigenvalue weighted by molar-refractivity contribution is 7.45. The van der Waals surface area contributed by atoms with Gasteiger partial charge in [0.2, 0.25) is 5.82 Å². The first-order valence-corrected chi connectivity index (χ1v) is 10.9. The molecule has 1 heterocycles. The molecule has 0 saturated heterocycles. The minimum atomic E-state index is -2.76. The number of carbonyl (C=O) groups is 2. The Kier molecular flexibility index (Phi) is 8.53. The number of H-pyrrole nitrogens is 1. The van der Waals surface area contributed by atoms with Crippen molar-refractivity contribution in [1.82, 2.24) is 9.55 Å². The second-order valence-electron chi connectivity index (χ2n) is 8.67. The molecule has 0 aliphatic rings. The summed E-state index contributed by atoms with van der Waals surface area (Å²) < 4.78 is 37.2. The summed E-state index contributed by atoms with van der Waals surface area (Å²) in [5, 5.41) is 0. The number of nitrogens with zero attached hydrogens (tertiary/aromatic N) is 1. The van der Waals surface area contributed by atoms with Crippen molar-refractivity contribution in [2.45, 2.75) is 54.1 Å². The number of aromatic nitrogens is 2. The van der Waals surface area contributed by atoms with Gasteiger partial charge >= 0.3 is 17.6 Å². The molecule has 0 aromatic carbocycles. The van der Waals surface area contributed by atoms with Crippen molar-refractivity contribution in [3.8, 4) is 0 Å². The first-order chi connectivity index (χ1) is 13.6. The Balaban J connectivity index is 2.88. The van der Waals surface area contributed by atoms with Gasteiger partial charge in [0.25, 0.3) is 11.6 Å². The summed E-state index contributed by atoms with van der Waals surface area (Å²) in [4.78, 5) is 48.8. The number of hydrogen-bond acceptors (Lipinski definition) is 7. The highest BCUT2D eigenvalue weighted by Gasteiger charge is 2.34. The Morgan fingerprint density at radius 3 is 2.07 bits per heavy atom. The van der Waals surface area contributed by atoms with Crippen LogP contribution in [0.1, 0.15) is 41.5 Å². The van der Waals surface area contributed by atoms with E-state index >= 15 is 0 Å². The second kappa shape index (κ2) is 10.0. The predicted molar refractivity (Wildman–Crippen MR) is 109 cm³/mol. The SMILES string of the molecule is CC(C)(C)C(=O)OC(OC(=O)C(C)(C)C)[PH](=O)CC=CCn1cc(F)c(=O)[nH]c1=O. The van der Waals surface area contributed by atoms with E-state index in [0.29, 0.717) is 0 Å². The lowest BCUT2D eigenvalue weighted by Gasteiger charge is -2.25. The number of nitrogens with one attached hydrogen (secondary N) is 1. The smallest absolute Gasteiger partial charge is 0.328 e. The molecule has 1 atom stereocenters. The van der Waals surface area contributed by atoms with Gasteiger partial charge in [0, 0.05) is 12.7 Å². The molecule has 1 rings (SSSR count). The minimum Gasteiger partial charge on any atom is -0.418 e. The molecular formula is C19H28FN2O7P. The zero-order valence-corrected chi connectivity index (χ0v) is 18.9. The van der Waals surface area contributed by atoms with Crippen LogP contribution in [0.15, 0.2) is 27.9 Å². The van der Waals surface area contributed by atoms with Gasteiger partial charge in [-0.05, 0) is 41.5 Å². The van der Waals surface area contributed by atoms with E-state index in [4.69, 9.17) is 9.47 Å². The largest absolute Gasteiger partial charge is 0.418 e. The fourth-order valence-corrected chi connectivity index (χ4v) is 2.87. The van der Waals surface area contributed by atoms with Crippen LogP contribution < -0.4 is 11.2 Å². The zero-order chi connectivity index (χ0) is 23.3. The average molecular weight is 446 g/mol. The van der Waals surface area contributed by atoms with Gasteiger partial charge in [-0.1, -0.05) is 12.2 Å². The van der Waals surface area contributed by atoms with E-state index in [2.05, 4.69) is 0 Å². The van der Waals surface area contributed by atoms with E-state index in [1.54, 1.807) is 41.5 Å². The van der Waals surface area contributed by atoms with E-state index in [1.165, 1.54) is 12.2 Å². The molecule has 1 aromatic heterocycles. The van der Waals surface area contributed by atoms with E-state index in [1.807, 2.05) is 4.98 Å². The van der Waals surface area contributed by atoms with Gasteiger partial charge in [-0.3, -0.25) is 23.9 Å². The summed E-state index contributed by atoms with van der Waals surface area (Å²) in [6.07, 6.45) is 3.52. The van der Waals surface area contributed by atoms with Crippen LogP contribution >= 0.6 is 7.80 Å². The zero-order valence-electron chi connectivity index (χ0n) is 17.9. The van der Waals surface area contributed by atoms with Crippen LogP contribution in [0.25, 0.3) is 0 Å². The number of aromatic amines is 1. The van der Waals surface area contributed by atoms with Crippen LogP contribution in [0.3, 0.4) is 0 Å². The average Bonchev–Trinajstić information content (AvgIpc) is 2.60. The Hall–Kier alpha value is -2.48. The molecule has 0 spiro atoms. The topological polar surface area (TPSA) is 125 Å². The molecule has 1 aromatic rings. The quantitative estimate of drug-likeness (QED) is 0.295. The maximum Gasteiger partial charge on any atom is 0.328 e. The third kappa shape index (κ3) is 7.74. The molecule has 0 aliphatic carbocycles. The first-order valence-electron chi connectivity index (χ1n) is 9.22. The van der Waals surface area contributed by atoms with Gasteiger partial charge in [0.1, 0.15) is 0 Å². The Bertz CT molecular complexity index is 923. The summed E-state index contributed by atoms with van der Waals surface area (Å²) in [7, 11) is -2.76. The van der Waals surface area contributed by atoms with Crippen molar-refractivity contribution in [3.63, 3.8) is 0 Å². The van der Waals surface area contributed by atoms with E-state index in [9.17, 15) is 28.1 Å². The summed E-state index contributed by atoms with van der Waals surface area (Å²) in [5.74, 6) is -2.46. The van der Waals surface area contributed by atoms with Gasteiger partial charge in [0.05, 0.1) is 17.0 Å². The van der Waals surface area contributed by atoms with Crippen LogP contribution in [0.2, 0.25) is 0 Å². The number of allylic oxidation sites excluding steroid dienone is 2. The Labute approximate surface area is 174 Å². The molecule has 1 unspecified atom stereocenters. The Morgan fingerprint density at radius 2 is 1.60 bits per heavy atom. The van der Waals surface area contributed by atoms with E-state index in [0.717, 1.165) is 10.8 Å². The molecule has 9 nitrogen and oxygen atoms in total. The molecule has 0 aliphatic heterocycles. The fourth-order valence-electron chi connectivity index (χ4n) is 1.81. The molecular weight excluding hydrogens is 418 g/mol. The molecule has 30 heavy (non-hydrogen) atoms. The van der Waals surface area contributed by atoms with Crippen molar-refractivity contribution >= 4 is 19.7 Å². The van der Waals surface area contributed by atoms with Crippen LogP contribution in [-0.2, 0) is 30.2 Å². The van der Waals surface area contributed by atoms with Gasteiger partial charge in [-0.25, -0.2) is 4.79 Å². The summed E-state index contributed by atoms with van der Waals surface area (Å²) in [5.41, 5.74) is -3.69. The van der Waals surface area contributed by atoms with Crippen LogP contribution in [0, 0.1) is 16.6 Å². The molecule has 1 N–H and O–H groups in total. The maximum atomic E-state index is 13.3. The standard InChI is InChI=1S/C19H28FN2O7P/c1-18(2,3)14(24)28-17(29-15(25)19(4,5)6)30(27)10-8-7-9-22-11-12(20)13(23)21-16(22)26/h7-8,11,17,30H,9-10H2,1-6H3,(H,21,23,26).